The van der Waals surface area contributed by atoms with Gasteiger partial charge in [-0.15, -0.1) is 0 Å². The first-order valence-corrected chi connectivity index (χ1v) is 6.85. The minimum atomic E-state index is 0.245. The molecule has 1 saturated heterocycles. The van der Waals surface area contributed by atoms with Crippen molar-refractivity contribution < 1.29 is 4.79 Å². The van der Waals surface area contributed by atoms with Crippen LogP contribution in [-0.2, 0) is 6.42 Å². The van der Waals surface area contributed by atoms with Crippen molar-refractivity contribution in [2.24, 2.45) is 0 Å². The van der Waals surface area contributed by atoms with Crippen LogP contribution in [0.3, 0.4) is 0 Å². The Bertz CT molecular complexity index is 397. The van der Waals surface area contributed by atoms with E-state index < -0.39 is 0 Å². The second-order valence-corrected chi connectivity index (χ2v) is 4.90. The standard InChI is InChI=1S/C15H22N2O/c1-2-4-13-5-3-6-14(11-13)15(18)12-17-9-7-16-8-10-17/h3,5-6,11,16H,2,4,7-10,12H2,1H3. The third-order valence-electron chi connectivity index (χ3n) is 3.36. The molecule has 0 amide bonds. The second-order valence-electron chi connectivity index (χ2n) is 4.90. The molecule has 0 bridgehead atoms. The number of nitrogens with zero attached hydrogens (tertiary/aromatic N) is 1. The number of hydrogen-bond donors (Lipinski definition) is 1. The van der Waals surface area contributed by atoms with Gasteiger partial charge in [0, 0.05) is 31.7 Å². The maximum atomic E-state index is 12.2. The van der Waals surface area contributed by atoms with Gasteiger partial charge in [-0.2, -0.15) is 0 Å². The minimum Gasteiger partial charge on any atom is -0.314 e. The number of piperazine rings is 1. The molecule has 1 aromatic carbocycles. The zero-order valence-electron chi connectivity index (χ0n) is 11.1. The van der Waals surface area contributed by atoms with Crippen molar-refractivity contribution in [2.45, 2.75) is 19.8 Å². The number of benzene rings is 1. The van der Waals surface area contributed by atoms with Gasteiger partial charge in [-0.25, -0.2) is 0 Å². The monoisotopic (exact) mass is 246 g/mol. The molecule has 0 aromatic heterocycles. The van der Waals surface area contributed by atoms with Gasteiger partial charge in [0.25, 0.3) is 0 Å². The Kier molecular flexibility index (Phi) is 4.90. The van der Waals surface area contributed by atoms with Crippen LogP contribution in [0.4, 0.5) is 0 Å². The molecule has 1 fully saturated rings. The SMILES string of the molecule is CCCc1cccc(C(=O)CN2CCNCC2)c1. The molecular weight excluding hydrogens is 224 g/mol. The fourth-order valence-corrected chi connectivity index (χ4v) is 2.35. The maximum absolute atomic E-state index is 12.2. The van der Waals surface area contributed by atoms with E-state index in [4.69, 9.17) is 0 Å². The van der Waals surface area contributed by atoms with E-state index in [2.05, 4.69) is 23.2 Å². The van der Waals surface area contributed by atoms with Gasteiger partial charge in [-0.3, -0.25) is 9.69 Å². The predicted octanol–water partition coefficient (Wildman–Crippen LogP) is 1.73. The van der Waals surface area contributed by atoms with Crippen molar-refractivity contribution in [3.05, 3.63) is 35.4 Å². The second kappa shape index (κ2) is 6.66. The minimum absolute atomic E-state index is 0.245. The van der Waals surface area contributed by atoms with Crippen LogP contribution >= 0.6 is 0 Å². The van der Waals surface area contributed by atoms with Crippen molar-refractivity contribution in [2.75, 3.05) is 32.7 Å². The molecule has 2 rings (SSSR count). The Morgan fingerprint density at radius 3 is 2.83 bits per heavy atom. The van der Waals surface area contributed by atoms with E-state index in [1.165, 1.54) is 5.56 Å². The number of hydrogen-bond acceptors (Lipinski definition) is 3. The first-order chi connectivity index (χ1) is 8.79. The number of Topliss-reactive ketones (excluding diaryl/α,β-unsaturated/α-hetero) is 1. The van der Waals surface area contributed by atoms with Gasteiger partial charge in [0.15, 0.2) is 5.78 Å². The summed E-state index contributed by atoms with van der Waals surface area (Å²) in [6, 6.07) is 8.08. The molecule has 1 aromatic rings. The summed E-state index contributed by atoms with van der Waals surface area (Å²) < 4.78 is 0. The predicted molar refractivity (Wildman–Crippen MR) is 74.1 cm³/mol. The topological polar surface area (TPSA) is 32.3 Å². The fourth-order valence-electron chi connectivity index (χ4n) is 2.35. The van der Waals surface area contributed by atoms with Crippen LogP contribution in [0.15, 0.2) is 24.3 Å². The van der Waals surface area contributed by atoms with E-state index in [9.17, 15) is 4.79 Å². The van der Waals surface area contributed by atoms with E-state index in [1.54, 1.807) is 0 Å². The van der Waals surface area contributed by atoms with Crippen LogP contribution in [0.2, 0.25) is 0 Å². The molecule has 3 nitrogen and oxygen atoms in total. The number of aryl methyl sites for hydroxylation is 1. The molecule has 0 unspecified atom stereocenters. The van der Waals surface area contributed by atoms with Crippen molar-refractivity contribution in [1.29, 1.82) is 0 Å². The zero-order valence-corrected chi connectivity index (χ0v) is 11.1. The molecule has 98 valence electrons. The summed E-state index contributed by atoms with van der Waals surface area (Å²) in [7, 11) is 0. The lowest BCUT2D eigenvalue weighted by Gasteiger charge is -2.26. The number of carbonyl (C=O) groups is 1. The lowest BCUT2D eigenvalue weighted by atomic mass is 10.0. The molecule has 1 heterocycles. The van der Waals surface area contributed by atoms with E-state index in [0.717, 1.165) is 44.6 Å². The van der Waals surface area contributed by atoms with Gasteiger partial charge in [0.2, 0.25) is 0 Å². The lowest BCUT2D eigenvalue weighted by Crippen LogP contribution is -2.45. The maximum Gasteiger partial charge on any atom is 0.176 e. The van der Waals surface area contributed by atoms with Gasteiger partial charge in [-0.1, -0.05) is 31.5 Å². The van der Waals surface area contributed by atoms with E-state index >= 15 is 0 Å². The number of nitrogens with one attached hydrogen (secondary N) is 1. The highest BCUT2D eigenvalue weighted by molar-refractivity contribution is 5.97. The summed E-state index contributed by atoms with van der Waals surface area (Å²) in [5.41, 5.74) is 2.13. The van der Waals surface area contributed by atoms with Crippen molar-refractivity contribution in [1.82, 2.24) is 10.2 Å². The lowest BCUT2D eigenvalue weighted by molar-refractivity contribution is 0.0921. The van der Waals surface area contributed by atoms with Gasteiger partial charge >= 0.3 is 0 Å². The van der Waals surface area contributed by atoms with Crippen LogP contribution in [-0.4, -0.2) is 43.4 Å². The molecule has 1 aliphatic heterocycles. The first-order valence-electron chi connectivity index (χ1n) is 6.85. The number of carbonyl (C=O) groups excluding carboxylic acids is 1. The van der Waals surface area contributed by atoms with Gasteiger partial charge < -0.3 is 5.32 Å². The third-order valence-corrected chi connectivity index (χ3v) is 3.36. The van der Waals surface area contributed by atoms with Crippen LogP contribution < -0.4 is 5.32 Å². The third kappa shape index (κ3) is 3.65. The molecule has 0 radical (unpaired) electrons. The van der Waals surface area contributed by atoms with Crippen LogP contribution in [0.5, 0.6) is 0 Å². The van der Waals surface area contributed by atoms with Crippen LogP contribution in [0.25, 0.3) is 0 Å². The van der Waals surface area contributed by atoms with Crippen molar-refractivity contribution in [3.8, 4) is 0 Å². The fraction of sp³-hybridized carbons (Fsp3) is 0.533. The first kappa shape index (κ1) is 13.2. The molecule has 0 spiro atoms. The Balaban J connectivity index is 1.96. The smallest absolute Gasteiger partial charge is 0.176 e. The highest BCUT2D eigenvalue weighted by Crippen LogP contribution is 2.09. The highest BCUT2D eigenvalue weighted by Gasteiger charge is 2.14. The summed E-state index contributed by atoms with van der Waals surface area (Å²) in [4.78, 5) is 14.4. The van der Waals surface area contributed by atoms with E-state index in [1.807, 2.05) is 18.2 Å². The van der Waals surface area contributed by atoms with Gasteiger partial charge in [0.05, 0.1) is 6.54 Å². The van der Waals surface area contributed by atoms with Crippen LogP contribution in [0.1, 0.15) is 29.3 Å². The highest BCUT2D eigenvalue weighted by atomic mass is 16.1. The molecule has 1 N–H and O–H groups in total. The van der Waals surface area contributed by atoms with Gasteiger partial charge in [0.1, 0.15) is 0 Å². The molecule has 3 heteroatoms. The summed E-state index contributed by atoms with van der Waals surface area (Å²) in [5, 5.41) is 3.30. The zero-order chi connectivity index (χ0) is 12.8. The number of ketones is 1. The molecule has 18 heavy (non-hydrogen) atoms. The van der Waals surface area contributed by atoms with E-state index in [0.29, 0.717) is 6.54 Å². The van der Waals surface area contributed by atoms with Crippen molar-refractivity contribution >= 4 is 5.78 Å². The van der Waals surface area contributed by atoms with Crippen LogP contribution in [0, 0.1) is 0 Å². The molecular formula is C15H22N2O. The summed E-state index contributed by atoms with van der Waals surface area (Å²) in [5.74, 6) is 0.245. The van der Waals surface area contributed by atoms with E-state index in [-0.39, 0.29) is 5.78 Å². The average Bonchev–Trinajstić information content (AvgIpc) is 2.40. The Labute approximate surface area is 109 Å². The summed E-state index contributed by atoms with van der Waals surface area (Å²) in [6.45, 7) is 6.64. The number of rotatable bonds is 5. The Morgan fingerprint density at radius 1 is 1.33 bits per heavy atom. The Hall–Kier alpha value is -1.19. The molecule has 0 aliphatic carbocycles. The summed E-state index contributed by atoms with van der Waals surface area (Å²) in [6.07, 6.45) is 2.17. The molecule has 1 aliphatic rings. The van der Waals surface area contributed by atoms with Gasteiger partial charge in [-0.05, 0) is 18.1 Å². The molecule has 0 atom stereocenters. The Morgan fingerprint density at radius 2 is 2.11 bits per heavy atom. The summed E-state index contributed by atoms with van der Waals surface area (Å²) >= 11 is 0. The van der Waals surface area contributed by atoms with Crippen molar-refractivity contribution in [3.63, 3.8) is 0 Å². The normalized spacial score (nSPS) is 16.7. The molecule has 0 saturated carbocycles. The average molecular weight is 246 g/mol. The largest absolute Gasteiger partial charge is 0.314 e. The quantitative estimate of drug-likeness (QED) is 0.803.